The van der Waals surface area contributed by atoms with Gasteiger partial charge in [0.05, 0.1) is 17.6 Å². The zero-order chi connectivity index (χ0) is 9.26. The van der Waals surface area contributed by atoms with E-state index in [-0.39, 0.29) is 0 Å². The van der Waals surface area contributed by atoms with Gasteiger partial charge in [-0.25, -0.2) is 0 Å². The standard InChI is InChI=1S/C10H15N3/c1-3-13-7-6-12(2)10-8-11-5-4-9(10)13/h4-5,8H,3,6-7H2,1-2H3. The van der Waals surface area contributed by atoms with Crippen LogP contribution in [0.25, 0.3) is 0 Å². The molecule has 0 aliphatic carbocycles. The minimum Gasteiger partial charge on any atom is -0.370 e. The first-order chi connectivity index (χ1) is 6.33. The Morgan fingerprint density at radius 1 is 1.38 bits per heavy atom. The summed E-state index contributed by atoms with van der Waals surface area (Å²) in [6.45, 7) is 5.47. The Morgan fingerprint density at radius 3 is 3.00 bits per heavy atom. The molecule has 0 saturated heterocycles. The van der Waals surface area contributed by atoms with Gasteiger partial charge in [-0.3, -0.25) is 4.98 Å². The quantitative estimate of drug-likeness (QED) is 0.645. The lowest BCUT2D eigenvalue weighted by atomic mass is 10.2. The van der Waals surface area contributed by atoms with Gasteiger partial charge in [-0.05, 0) is 13.0 Å². The van der Waals surface area contributed by atoms with Gasteiger partial charge in [0.1, 0.15) is 0 Å². The number of aromatic nitrogens is 1. The molecule has 0 spiro atoms. The van der Waals surface area contributed by atoms with Gasteiger partial charge in [-0.2, -0.15) is 0 Å². The molecule has 0 atom stereocenters. The second-order valence-electron chi connectivity index (χ2n) is 3.37. The largest absolute Gasteiger partial charge is 0.370 e. The highest BCUT2D eigenvalue weighted by Gasteiger charge is 2.18. The number of fused-ring (bicyclic) bond motifs is 1. The van der Waals surface area contributed by atoms with E-state index in [1.165, 1.54) is 11.4 Å². The first-order valence-corrected chi connectivity index (χ1v) is 4.73. The number of nitrogens with zero attached hydrogens (tertiary/aromatic N) is 3. The maximum atomic E-state index is 4.15. The Kier molecular flexibility index (Phi) is 2.08. The van der Waals surface area contributed by atoms with Gasteiger partial charge in [-0.1, -0.05) is 0 Å². The predicted octanol–water partition coefficient (Wildman–Crippen LogP) is 1.36. The molecule has 0 N–H and O–H groups in total. The summed E-state index contributed by atoms with van der Waals surface area (Å²) < 4.78 is 0. The third kappa shape index (κ3) is 1.34. The highest BCUT2D eigenvalue weighted by molar-refractivity contribution is 5.71. The number of hydrogen-bond donors (Lipinski definition) is 0. The average Bonchev–Trinajstić information content (AvgIpc) is 2.19. The summed E-state index contributed by atoms with van der Waals surface area (Å²) in [5, 5.41) is 0. The van der Waals surface area contributed by atoms with Gasteiger partial charge < -0.3 is 9.80 Å². The third-order valence-electron chi connectivity index (χ3n) is 2.62. The molecule has 0 radical (unpaired) electrons. The van der Waals surface area contributed by atoms with Crippen molar-refractivity contribution in [2.45, 2.75) is 6.92 Å². The predicted molar refractivity (Wildman–Crippen MR) is 55.4 cm³/mol. The minimum atomic E-state index is 1.07. The number of anilines is 2. The molecule has 0 saturated carbocycles. The minimum absolute atomic E-state index is 1.07. The van der Waals surface area contributed by atoms with Crippen LogP contribution >= 0.6 is 0 Å². The van der Waals surface area contributed by atoms with Gasteiger partial charge in [-0.15, -0.1) is 0 Å². The molecule has 3 nitrogen and oxygen atoms in total. The van der Waals surface area contributed by atoms with Crippen LogP contribution in [0.1, 0.15) is 6.92 Å². The van der Waals surface area contributed by atoms with Crippen molar-refractivity contribution < 1.29 is 0 Å². The summed E-state index contributed by atoms with van der Waals surface area (Å²) in [6, 6.07) is 2.09. The summed E-state index contributed by atoms with van der Waals surface area (Å²) in [7, 11) is 2.12. The van der Waals surface area contributed by atoms with E-state index >= 15 is 0 Å². The van der Waals surface area contributed by atoms with Crippen LogP contribution in [-0.2, 0) is 0 Å². The highest BCUT2D eigenvalue weighted by Crippen LogP contribution is 2.30. The number of hydrogen-bond acceptors (Lipinski definition) is 3. The van der Waals surface area contributed by atoms with Crippen LogP contribution in [0.4, 0.5) is 11.4 Å². The first-order valence-electron chi connectivity index (χ1n) is 4.73. The van der Waals surface area contributed by atoms with Gasteiger partial charge in [0.2, 0.25) is 0 Å². The van der Waals surface area contributed by atoms with Gasteiger partial charge >= 0.3 is 0 Å². The van der Waals surface area contributed by atoms with Crippen molar-refractivity contribution in [3.8, 4) is 0 Å². The van der Waals surface area contributed by atoms with Crippen LogP contribution in [-0.4, -0.2) is 31.7 Å². The third-order valence-corrected chi connectivity index (χ3v) is 2.62. The number of likely N-dealkylation sites (N-methyl/N-ethyl adjacent to an activating group) is 2. The first kappa shape index (κ1) is 8.35. The van der Waals surface area contributed by atoms with Crippen molar-refractivity contribution in [2.24, 2.45) is 0 Å². The monoisotopic (exact) mass is 177 g/mol. The molecule has 2 rings (SSSR count). The van der Waals surface area contributed by atoms with Gasteiger partial charge in [0, 0.05) is 32.9 Å². The van der Waals surface area contributed by atoms with Crippen molar-refractivity contribution >= 4 is 11.4 Å². The van der Waals surface area contributed by atoms with Crippen molar-refractivity contribution in [2.75, 3.05) is 36.5 Å². The van der Waals surface area contributed by atoms with E-state index in [1.54, 1.807) is 0 Å². The summed E-state index contributed by atoms with van der Waals surface area (Å²) in [5.74, 6) is 0. The maximum Gasteiger partial charge on any atom is 0.0788 e. The number of pyridine rings is 1. The molecule has 1 aromatic rings. The normalized spacial score (nSPS) is 15.8. The van der Waals surface area contributed by atoms with Crippen molar-refractivity contribution in [3.63, 3.8) is 0 Å². The van der Waals surface area contributed by atoms with Gasteiger partial charge in [0.25, 0.3) is 0 Å². The molecule has 1 aliphatic heterocycles. The molecule has 0 amide bonds. The maximum absolute atomic E-state index is 4.15. The van der Waals surface area contributed by atoms with E-state index in [0.29, 0.717) is 0 Å². The second kappa shape index (κ2) is 3.24. The fourth-order valence-electron chi connectivity index (χ4n) is 1.78. The van der Waals surface area contributed by atoms with Crippen LogP contribution in [0.15, 0.2) is 18.5 Å². The Morgan fingerprint density at radius 2 is 2.23 bits per heavy atom. The van der Waals surface area contributed by atoms with Crippen LogP contribution in [0.5, 0.6) is 0 Å². The molecule has 3 heteroatoms. The Hall–Kier alpha value is -1.25. The van der Waals surface area contributed by atoms with E-state index in [4.69, 9.17) is 0 Å². The molecule has 70 valence electrons. The fourth-order valence-corrected chi connectivity index (χ4v) is 1.78. The van der Waals surface area contributed by atoms with E-state index < -0.39 is 0 Å². The average molecular weight is 177 g/mol. The van der Waals surface area contributed by atoms with Crippen LogP contribution in [0.2, 0.25) is 0 Å². The van der Waals surface area contributed by atoms with Gasteiger partial charge in [0.15, 0.2) is 0 Å². The van der Waals surface area contributed by atoms with Crippen LogP contribution in [0, 0.1) is 0 Å². The molecule has 13 heavy (non-hydrogen) atoms. The fraction of sp³-hybridized carbons (Fsp3) is 0.500. The molecule has 1 aliphatic rings. The van der Waals surface area contributed by atoms with Crippen molar-refractivity contribution in [1.29, 1.82) is 0 Å². The SMILES string of the molecule is CCN1CCN(C)c2cnccc21. The van der Waals surface area contributed by atoms with E-state index in [0.717, 1.165) is 19.6 Å². The highest BCUT2D eigenvalue weighted by atomic mass is 15.2. The lowest BCUT2D eigenvalue weighted by molar-refractivity contribution is 0.751. The van der Waals surface area contributed by atoms with E-state index in [1.807, 2.05) is 12.4 Å². The summed E-state index contributed by atoms with van der Waals surface area (Å²) in [6.07, 6.45) is 3.80. The van der Waals surface area contributed by atoms with E-state index in [2.05, 4.69) is 34.8 Å². The Labute approximate surface area is 79.0 Å². The zero-order valence-electron chi connectivity index (χ0n) is 8.20. The molecule has 0 aromatic carbocycles. The Bertz CT molecular complexity index is 298. The van der Waals surface area contributed by atoms with Crippen molar-refractivity contribution in [1.82, 2.24) is 4.98 Å². The molecule has 2 heterocycles. The molecular formula is C10H15N3. The molecule has 0 unspecified atom stereocenters. The zero-order valence-corrected chi connectivity index (χ0v) is 8.20. The summed E-state index contributed by atoms with van der Waals surface area (Å²) in [5.41, 5.74) is 2.56. The topological polar surface area (TPSA) is 19.4 Å². The van der Waals surface area contributed by atoms with Crippen molar-refractivity contribution in [3.05, 3.63) is 18.5 Å². The summed E-state index contributed by atoms with van der Waals surface area (Å²) in [4.78, 5) is 8.79. The Balaban J connectivity index is 2.42. The smallest absolute Gasteiger partial charge is 0.0788 e. The second-order valence-corrected chi connectivity index (χ2v) is 3.37. The number of rotatable bonds is 1. The van der Waals surface area contributed by atoms with E-state index in [9.17, 15) is 0 Å². The molecule has 0 bridgehead atoms. The van der Waals surface area contributed by atoms with Crippen LogP contribution < -0.4 is 9.80 Å². The lowest BCUT2D eigenvalue weighted by Gasteiger charge is -2.35. The molecular weight excluding hydrogens is 162 g/mol. The molecule has 1 aromatic heterocycles. The molecule has 0 fully saturated rings. The lowest BCUT2D eigenvalue weighted by Crippen LogP contribution is -2.39. The van der Waals surface area contributed by atoms with Crippen LogP contribution in [0.3, 0.4) is 0 Å². The summed E-state index contributed by atoms with van der Waals surface area (Å²) >= 11 is 0.